The third kappa shape index (κ3) is 4.54. The number of aromatic nitrogens is 1. The first-order valence-corrected chi connectivity index (χ1v) is 7.33. The molecule has 0 bridgehead atoms. The zero-order valence-corrected chi connectivity index (χ0v) is 13.1. The molecule has 0 unspecified atom stereocenters. The van der Waals surface area contributed by atoms with E-state index in [0.717, 1.165) is 0 Å². The lowest BCUT2D eigenvalue weighted by Crippen LogP contribution is -2.40. The van der Waals surface area contributed by atoms with Crippen molar-refractivity contribution >= 4 is 11.8 Å². The number of carbonyl (C=O) groups is 2. The maximum absolute atomic E-state index is 12.1. The molecule has 2 N–H and O–H groups in total. The zero-order valence-electron chi connectivity index (χ0n) is 13.1. The van der Waals surface area contributed by atoms with Gasteiger partial charge in [-0.3, -0.25) is 19.0 Å². The van der Waals surface area contributed by atoms with Crippen LogP contribution in [-0.4, -0.2) is 29.0 Å². The minimum Gasteiger partial charge on any atom is -0.352 e. The molecular formula is C17H19N3O3. The van der Waals surface area contributed by atoms with Crippen LogP contribution >= 0.6 is 0 Å². The Labute approximate surface area is 134 Å². The summed E-state index contributed by atoms with van der Waals surface area (Å²) in [6.45, 7) is 3.58. The normalized spacial score (nSPS) is 10.4. The number of carbonyl (C=O) groups excluding carboxylic acids is 2. The Morgan fingerprint density at radius 2 is 1.78 bits per heavy atom. The molecule has 0 spiro atoms. The molecule has 0 aliphatic rings. The molecule has 6 nitrogen and oxygen atoms in total. The number of pyridine rings is 1. The number of rotatable bonds is 5. The van der Waals surface area contributed by atoms with E-state index < -0.39 is 5.91 Å². The number of amides is 2. The van der Waals surface area contributed by atoms with Gasteiger partial charge in [-0.1, -0.05) is 18.2 Å². The predicted octanol–water partition coefficient (Wildman–Crippen LogP) is 1.09. The first-order valence-electron chi connectivity index (χ1n) is 7.33. The number of hydrogen-bond acceptors (Lipinski definition) is 3. The van der Waals surface area contributed by atoms with Crippen molar-refractivity contribution in [2.75, 3.05) is 6.54 Å². The van der Waals surface area contributed by atoms with E-state index in [1.165, 1.54) is 22.9 Å². The van der Waals surface area contributed by atoms with Crippen LogP contribution in [0.25, 0.3) is 5.69 Å². The molecule has 0 atom stereocenters. The van der Waals surface area contributed by atoms with E-state index in [2.05, 4.69) is 10.6 Å². The van der Waals surface area contributed by atoms with Crippen molar-refractivity contribution in [1.29, 1.82) is 0 Å². The van der Waals surface area contributed by atoms with Crippen LogP contribution in [0.2, 0.25) is 0 Å². The molecule has 2 aromatic rings. The van der Waals surface area contributed by atoms with Gasteiger partial charge in [-0.15, -0.1) is 0 Å². The Kier molecular flexibility index (Phi) is 5.30. The van der Waals surface area contributed by atoms with E-state index in [9.17, 15) is 14.4 Å². The van der Waals surface area contributed by atoms with Gasteiger partial charge in [-0.05, 0) is 32.0 Å². The molecule has 0 saturated heterocycles. The Hall–Kier alpha value is -2.89. The molecule has 1 aromatic heterocycles. The van der Waals surface area contributed by atoms with Gasteiger partial charge in [0.2, 0.25) is 5.91 Å². The number of nitrogens with one attached hydrogen (secondary N) is 2. The Bertz CT molecular complexity index is 751. The maximum atomic E-state index is 12.1. The van der Waals surface area contributed by atoms with Gasteiger partial charge in [-0.2, -0.15) is 0 Å². The van der Waals surface area contributed by atoms with Crippen LogP contribution in [0.1, 0.15) is 24.2 Å². The highest BCUT2D eigenvalue weighted by molar-refractivity contribution is 5.96. The minimum absolute atomic E-state index is 0.0133. The highest BCUT2D eigenvalue weighted by Gasteiger charge is 2.10. The van der Waals surface area contributed by atoms with Gasteiger partial charge in [0.1, 0.15) is 0 Å². The van der Waals surface area contributed by atoms with Crippen molar-refractivity contribution in [3.05, 3.63) is 64.6 Å². The summed E-state index contributed by atoms with van der Waals surface area (Å²) in [6, 6.07) is 11.8. The summed E-state index contributed by atoms with van der Waals surface area (Å²) >= 11 is 0. The van der Waals surface area contributed by atoms with Crippen LogP contribution in [0.3, 0.4) is 0 Å². The first-order chi connectivity index (χ1) is 11.0. The highest BCUT2D eigenvalue weighted by atomic mass is 16.2. The van der Waals surface area contributed by atoms with Gasteiger partial charge in [0, 0.05) is 24.0 Å². The molecule has 2 rings (SSSR count). The Morgan fingerprint density at radius 3 is 2.43 bits per heavy atom. The smallest absolute Gasteiger partial charge is 0.255 e. The first kappa shape index (κ1) is 16.5. The van der Waals surface area contributed by atoms with Gasteiger partial charge < -0.3 is 10.6 Å². The van der Waals surface area contributed by atoms with E-state index in [0.29, 0.717) is 11.3 Å². The lowest BCUT2D eigenvalue weighted by Gasteiger charge is -2.10. The molecule has 1 heterocycles. The molecular weight excluding hydrogens is 294 g/mol. The quantitative estimate of drug-likeness (QED) is 0.867. The van der Waals surface area contributed by atoms with Crippen LogP contribution in [0.4, 0.5) is 0 Å². The highest BCUT2D eigenvalue weighted by Crippen LogP contribution is 2.05. The third-order valence-electron chi connectivity index (χ3n) is 3.07. The Balaban J connectivity index is 2.13. The van der Waals surface area contributed by atoms with Gasteiger partial charge >= 0.3 is 0 Å². The van der Waals surface area contributed by atoms with Gasteiger partial charge in [0.05, 0.1) is 12.1 Å². The number of nitrogens with zero attached hydrogens (tertiary/aromatic N) is 1. The average molecular weight is 313 g/mol. The molecule has 120 valence electrons. The fourth-order valence-electron chi connectivity index (χ4n) is 2.05. The Morgan fingerprint density at radius 1 is 1.09 bits per heavy atom. The van der Waals surface area contributed by atoms with Crippen molar-refractivity contribution in [3.63, 3.8) is 0 Å². The lowest BCUT2D eigenvalue weighted by atomic mass is 10.2. The summed E-state index contributed by atoms with van der Waals surface area (Å²) in [5.74, 6) is -0.668. The lowest BCUT2D eigenvalue weighted by molar-refractivity contribution is -0.120. The van der Waals surface area contributed by atoms with Crippen molar-refractivity contribution in [2.45, 2.75) is 19.9 Å². The number of benzene rings is 1. The standard InChI is InChI=1S/C17H19N3O3/c1-12(2)19-15(21)10-18-17(23)13-8-9-16(22)20(11-13)14-6-4-3-5-7-14/h3-9,11-12H,10H2,1-2H3,(H,18,23)(H,19,21). The van der Waals surface area contributed by atoms with Crippen LogP contribution < -0.4 is 16.2 Å². The second kappa shape index (κ2) is 7.40. The SMILES string of the molecule is CC(C)NC(=O)CNC(=O)c1ccc(=O)n(-c2ccccc2)c1. The molecule has 0 aliphatic heterocycles. The number of hydrogen-bond donors (Lipinski definition) is 2. The van der Waals surface area contributed by atoms with Gasteiger partial charge in [0.15, 0.2) is 0 Å². The molecule has 2 amide bonds. The van der Waals surface area contributed by atoms with Gasteiger partial charge in [-0.25, -0.2) is 0 Å². The summed E-state index contributed by atoms with van der Waals surface area (Å²) in [6.07, 6.45) is 1.47. The molecule has 0 radical (unpaired) electrons. The maximum Gasteiger partial charge on any atom is 0.255 e. The van der Waals surface area contributed by atoms with Gasteiger partial charge in [0.25, 0.3) is 11.5 Å². The minimum atomic E-state index is -0.409. The second-order valence-corrected chi connectivity index (χ2v) is 5.37. The van der Waals surface area contributed by atoms with E-state index in [-0.39, 0.29) is 24.1 Å². The molecule has 6 heteroatoms. The van der Waals surface area contributed by atoms with Crippen LogP contribution in [-0.2, 0) is 4.79 Å². The number of para-hydroxylation sites is 1. The van der Waals surface area contributed by atoms with Crippen molar-refractivity contribution < 1.29 is 9.59 Å². The van der Waals surface area contributed by atoms with Crippen LogP contribution in [0.5, 0.6) is 0 Å². The van der Waals surface area contributed by atoms with Crippen molar-refractivity contribution in [1.82, 2.24) is 15.2 Å². The average Bonchev–Trinajstić information content (AvgIpc) is 2.53. The summed E-state index contributed by atoms with van der Waals surface area (Å²) < 4.78 is 1.39. The molecule has 23 heavy (non-hydrogen) atoms. The van der Waals surface area contributed by atoms with Crippen LogP contribution in [0, 0.1) is 0 Å². The summed E-state index contributed by atoms with van der Waals surface area (Å²) in [4.78, 5) is 35.6. The second-order valence-electron chi connectivity index (χ2n) is 5.37. The molecule has 1 aromatic carbocycles. The summed E-state index contributed by atoms with van der Waals surface area (Å²) in [7, 11) is 0. The van der Waals surface area contributed by atoms with E-state index in [1.54, 1.807) is 12.1 Å². The predicted molar refractivity (Wildman–Crippen MR) is 87.7 cm³/mol. The zero-order chi connectivity index (χ0) is 16.8. The van der Waals surface area contributed by atoms with Crippen molar-refractivity contribution in [2.24, 2.45) is 0 Å². The third-order valence-corrected chi connectivity index (χ3v) is 3.07. The fourth-order valence-corrected chi connectivity index (χ4v) is 2.05. The molecule has 0 fully saturated rings. The van der Waals surface area contributed by atoms with E-state index >= 15 is 0 Å². The van der Waals surface area contributed by atoms with Crippen molar-refractivity contribution in [3.8, 4) is 5.69 Å². The van der Waals surface area contributed by atoms with Crippen LogP contribution in [0.15, 0.2) is 53.5 Å². The largest absolute Gasteiger partial charge is 0.352 e. The summed E-state index contributed by atoms with van der Waals surface area (Å²) in [5.41, 5.74) is 0.751. The summed E-state index contributed by atoms with van der Waals surface area (Å²) in [5, 5.41) is 5.22. The molecule has 0 saturated carbocycles. The van der Waals surface area contributed by atoms with E-state index in [1.807, 2.05) is 32.0 Å². The topological polar surface area (TPSA) is 80.2 Å². The monoisotopic (exact) mass is 313 g/mol. The molecule has 0 aliphatic carbocycles. The fraction of sp³-hybridized carbons (Fsp3) is 0.235. The van der Waals surface area contributed by atoms with E-state index in [4.69, 9.17) is 0 Å².